The van der Waals surface area contributed by atoms with Crippen molar-refractivity contribution < 1.29 is 4.79 Å². The number of benzene rings is 1. The summed E-state index contributed by atoms with van der Waals surface area (Å²) in [6, 6.07) is 8.49. The zero-order chi connectivity index (χ0) is 19.6. The second kappa shape index (κ2) is 13.1. The summed E-state index contributed by atoms with van der Waals surface area (Å²) in [5.74, 6) is 2.13. The third kappa shape index (κ3) is 8.15. The molecule has 1 aromatic carbocycles. The van der Waals surface area contributed by atoms with Gasteiger partial charge in [-0.3, -0.25) is 9.79 Å². The van der Waals surface area contributed by atoms with Gasteiger partial charge in [-0.25, -0.2) is 0 Å². The molecule has 0 atom stereocenters. The van der Waals surface area contributed by atoms with Crippen molar-refractivity contribution in [2.75, 3.05) is 20.1 Å². The Morgan fingerprint density at radius 2 is 1.93 bits per heavy atom. The minimum atomic E-state index is 0. The third-order valence-corrected chi connectivity index (χ3v) is 6.03. The topological polar surface area (TPSA) is 56.7 Å². The molecule has 0 spiro atoms. The molecule has 0 aromatic heterocycles. The van der Waals surface area contributed by atoms with Crippen LogP contribution in [0.3, 0.4) is 0 Å². The maximum absolute atomic E-state index is 11.8. The molecule has 1 aliphatic heterocycles. The number of nitrogens with zero attached hydrogens (tertiary/aromatic N) is 2. The van der Waals surface area contributed by atoms with Crippen molar-refractivity contribution >= 4 is 35.8 Å². The average Bonchev–Trinajstić information content (AvgIpc) is 3.36. The maximum Gasteiger partial charge on any atom is 0.222 e. The first kappa shape index (κ1) is 24.0. The summed E-state index contributed by atoms with van der Waals surface area (Å²) in [6.45, 7) is 3.33. The molecule has 0 radical (unpaired) electrons. The number of rotatable bonds is 9. The lowest BCUT2D eigenvalue weighted by molar-refractivity contribution is -0.128. The Hall–Kier alpha value is -1.31. The van der Waals surface area contributed by atoms with Gasteiger partial charge in [-0.2, -0.15) is 0 Å². The molecule has 2 aliphatic rings. The van der Waals surface area contributed by atoms with Gasteiger partial charge >= 0.3 is 0 Å². The monoisotopic (exact) mass is 512 g/mol. The van der Waals surface area contributed by atoms with Crippen LogP contribution in [-0.2, 0) is 17.9 Å². The fourth-order valence-electron chi connectivity index (χ4n) is 4.40. The minimum absolute atomic E-state index is 0. The number of aliphatic imine (C=N–C) groups is 1. The van der Waals surface area contributed by atoms with Crippen LogP contribution >= 0.6 is 24.0 Å². The summed E-state index contributed by atoms with van der Waals surface area (Å²) in [4.78, 5) is 18.1. The first-order chi connectivity index (χ1) is 13.7. The van der Waals surface area contributed by atoms with Gasteiger partial charge in [0.05, 0.1) is 0 Å². The number of unbranched alkanes of at least 4 members (excludes halogenated alkanes) is 1. The molecule has 6 heteroatoms. The van der Waals surface area contributed by atoms with E-state index in [2.05, 4.69) is 39.9 Å². The van der Waals surface area contributed by atoms with E-state index in [1.165, 1.54) is 56.1 Å². The molecule has 1 aliphatic carbocycles. The summed E-state index contributed by atoms with van der Waals surface area (Å²) in [7, 11) is 1.82. The van der Waals surface area contributed by atoms with E-state index in [0.717, 1.165) is 44.5 Å². The highest BCUT2D eigenvalue weighted by Gasteiger charge is 2.20. The molecule has 1 saturated carbocycles. The number of nitrogens with one attached hydrogen (secondary N) is 2. The quantitative estimate of drug-likeness (QED) is 0.223. The molecule has 5 nitrogen and oxygen atoms in total. The van der Waals surface area contributed by atoms with E-state index < -0.39 is 0 Å². The summed E-state index contributed by atoms with van der Waals surface area (Å²) in [6.07, 6.45) is 11.4. The SMILES string of the molecule is CN=C(NCCCCC1CCCC1)NCc1cccc(CN2CCCC2=O)c1.I. The molecule has 1 amide bonds. The smallest absolute Gasteiger partial charge is 0.222 e. The fraction of sp³-hybridized carbons (Fsp3) is 0.652. The second-order valence-electron chi connectivity index (χ2n) is 8.24. The van der Waals surface area contributed by atoms with Crippen LogP contribution in [0, 0.1) is 5.92 Å². The van der Waals surface area contributed by atoms with E-state index in [0.29, 0.717) is 6.42 Å². The predicted octanol–water partition coefficient (Wildman–Crippen LogP) is 4.45. The van der Waals surface area contributed by atoms with Gasteiger partial charge in [-0.15, -0.1) is 24.0 Å². The van der Waals surface area contributed by atoms with Crippen LogP contribution < -0.4 is 10.6 Å². The summed E-state index contributed by atoms with van der Waals surface area (Å²) in [5.41, 5.74) is 2.41. The Kier molecular flexibility index (Phi) is 10.8. The van der Waals surface area contributed by atoms with Gasteiger partial charge in [0.25, 0.3) is 0 Å². The largest absolute Gasteiger partial charge is 0.356 e. The molecule has 0 unspecified atom stereocenters. The molecule has 1 aromatic rings. The number of guanidine groups is 1. The van der Waals surface area contributed by atoms with Crippen LogP contribution in [-0.4, -0.2) is 36.9 Å². The summed E-state index contributed by atoms with van der Waals surface area (Å²) < 4.78 is 0. The van der Waals surface area contributed by atoms with E-state index in [1.807, 2.05) is 11.9 Å². The first-order valence-electron chi connectivity index (χ1n) is 11.0. The van der Waals surface area contributed by atoms with Crippen LogP contribution in [0.25, 0.3) is 0 Å². The molecule has 1 saturated heterocycles. The van der Waals surface area contributed by atoms with Crippen molar-refractivity contribution in [3.8, 4) is 0 Å². The fourth-order valence-corrected chi connectivity index (χ4v) is 4.40. The molecule has 29 heavy (non-hydrogen) atoms. The van der Waals surface area contributed by atoms with E-state index >= 15 is 0 Å². The summed E-state index contributed by atoms with van der Waals surface area (Å²) >= 11 is 0. The van der Waals surface area contributed by atoms with E-state index in [9.17, 15) is 4.79 Å². The average molecular weight is 512 g/mol. The molecular formula is C23H37IN4O. The molecule has 1 heterocycles. The molecular weight excluding hydrogens is 475 g/mol. The number of halogens is 1. The van der Waals surface area contributed by atoms with Crippen molar-refractivity contribution in [2.24, 2.45) is 10.9 Å². The van der Waals surface area contributed by atoms with Gasteiger partial charge in [0.15, 0.2) is 5.96 Å². The Morgan fingerprint density at radius 1 is 1.14 bits per heavy atom. The zero-order valence-electron chi connectivity index (χ0n) is 17.8. The number of amides is 1. The third-order valence-electron chi connectivity index (χ3n) is 6.03. The first-order valence-corrected chi connectivity index (χ1v) is 11.0. The predicted molar refractivity (Wildman–Crippen MR) is 131 cm³/mol. The van der Waals surface area contributed by atoms with Gasteiger partial charge in [-0.05, 0) is 29.9 Å². The number of likely N-dealkylation sites (tertiary alicyclic amines) is 1. The number of hydrogen-bond acceptors (Lipinski definition) is 2. The molecule has 2 fully saturated rings. The molecule has 3 rings (SSSR count). The second-order valence-corrected chi connectivity index (χ2v) is 8.24. The van der Waals surface area contributed by atoms with Crippen LogP contribution in [0.1, 0.15) is 68.9 Å². The zero-order valence-corrected chi connectivity index (χ0v) is 20.1. The molecule has 0 bridgehead atoms. The highest BCUT2D eigenvalue weighted by atomic mass is 127. The number of carbonyl (C=O) groups excluding carboxylic acids is 1. The highest BCUT2D eigenvalue weighted by Crippen LogP contribution is 2.28. The number of hydrogen-bond donors (Lipinski definition) is 2. The van der Waals surface area contributed by atoms with Gasteiger partial charge in [0.1, 0.15) is 0 Å². The van der Waals surface area contributed by atoms with Crippen LogP contribution in [0.15, 0.2) is 29.3 Å². The Balaban J connectivity index is 0.00000300. The van der Waals surface area contributed by atoms with Crippen molar-refractivity contribution in [3.63, 3.8) is 0 Å². The Labute approximate surface area is 193 Å². The van der Waals surface area contributed by atoms with E-state index in [4.69, 9.17) is 0 Å². The van der Waals surface area contributed by atoms with Gasteiger partial charge < -0.3 is 15.5 Å². The Bertz CT molecular complexity index is 658. The van der Waals surface area contributed by atoms with Crippen molar-refractivity contribution in [2.45, 2.75) is 70.9 Å². The van der Waals surface area contributed by atoms with Gasteiger partial charge in [0.2, 0.25) is 5.91 Å². The van der Waals surface area contributed by atoms with Crippen LogP contribution in [0.4, 0.5) is 0 Å². The van der Waals surface area contributed by atoms with Crippen LogP contribution in [0.5, 0.6) is 0 Å². The molecule has 2 N–H and O–H groups in total. The lowest BCUT2D eigenvalue weighted by Gasteiger charge is -2.16. The maximum atomic E-state index is 11.8. The minimum Gasteiger partial charge on any atom is -0.356 e. The van der Waals surface area contributed by atoms with Gasteiger partial charge in [-0.1, -0.05) is 62.8 Å². The number of carbonyl (C=O) groups is 1. The summed E-state index contributed by atoms with van der Waals surface area (Å²) in [5, 5.41) is 6.84. The van der Waals surface area contributed by atoms with E-state index in [-0.39, 0.29) is 29.9 Å². The lowest BCUT2D eigenvalue weighted by atomic mass is 10.0. The normalized spacial score (nSPS) is 17.5. The van der Waals surface area contributed by atoms with Crippen molar-refractivity contribution in [1.29, 1.82) is 0 Å². The standard InChI is InChI=1S/C23H36N4O.HI/c1-24-23(25-14-5-4-10-19-8-2-3-9-19)26-17-20-11-6-12-21(16-20)18-27-15-7-13-22(27)28;/h6,11-12,16,19H,2-5,7-10,13-15,17-18H2,1H3,(H2,24,25,26);1H. The lowest BCUT2D eigenvalue weighted by Crippen LogP contribution is -2.37. The highest BCUT2D eigenvalue weighted by molar-refractivity contribution is 14.0. The van der Waals surface area contributed by atoms with E-state index in [1.54, 1.807) is 0 Å². The van der Waals surface area contributed by atoms with Gasteiger partial charge in [0, 0.05) is 39.6 Å². The van der Waals surface area contributed by atoms with Crippen molar-refractivity contribution in [3.05, 3.63) is 35.4 Å². The van der Waals surface area contributed by atoms with Crippen LogP contribution in [0.2, 0.25) is 0 Å². The Morgan fingerprint density at radius 3 is 2.66 bits per heavy atom. The van der Waals surface area contributed by atoms with Crippen molar-refractivity contribution in [1.82, 2.24) is 15.5 Å². The molecule has 162 valence electrons.